The Hall–Kier alpha value is -3.31. The Bertz CT molecular complexity index is 1410. The van der Waals surface area contributed by atoms with Gasteiger partial charge >= 0.3 is 5.97 Å². The minimum absolute atomic E-state index is 0.0298. The number of piperidine rings is 1. The van der Waals surface area contributed by atoms with Crippen LogP contribution in [0, 0.1) is 11.8 Å². The molecule has 2 aliphatic heterocycles. The molecule has 0 spiro atoms. The molecule has 262 valence electrons. The van der Waals surface area contributed by atoms with Crippen molar-refractivity contribution in [3.63, 3.8) is 0 Å². The van der Waals surface area contributed by atoms with Gasteiger partial charge in [0.05, 0.1) is 24.9 Å². The summed E-state index contributed by atoms with van der Waals surface area (Å²) in [5.74, 6) is -0.307. The van der Waals surface area contributed by atoms with Gasteiger partial charge in [-0.1, -0.05) is 56.2 Å². The number of hydrogen-bond donors (Lipinski definition) is 3. The van der Waals surface area contributed by atoms with Crippen LogP contribution in [0.2, 0.25) is 0 Å². The lowest BCUT2D eigenvalue weighted by Gasteiger charge is -2.51. The van der Waals surface area contributed by atoms with Crippen LogP contribution in [0.25, 0.3) is 0 Å². The van der Waals surface area contributed by atoms with Gasteiger partial charge in [0.1, 0.15) is 0 Å². The molecule has 3 fully saturated rings. The quantitative estimate of drug-likeness (QED) is 0.288. The summed E-state index contributed by atoms with van der Waals surface area (Å²) in [6.07, 6.45) is 4.46. The first kappa shape index (κ1) is 36.0. The molecule has 0 radical (unpaired) electrons. The van der Waals surface area contributed by atoms with Gasteiger partial charge in [0, 0.05) is 42.2 Å². The van der Waals surface area contributed by atoms with Gasteiger partial charge in [-0.25, -0.2) is 0 Å². The van der Waals surface area contributed by atoms with Gasteiger partial charge in [-0.2, -0.15) is 0 Å². The Morgan fingerprint density at radius 3 is 2.27 bits per heavy atom. The molecular weight excluding hydrogens is 610 g/mol. The summed E-state index contributed by atoms with van der Waals surface area (Å²) in [7, 11) is 0. The van der Waals surface area contributed by atoms with Gasteiger partial charge in [0.2, 0.25) is 5.91 Å². The van der Waals surface area contributed by atoms with E-state index in [1.807, 2.05) is 57.2 Å². The summed E-state index contributed by atoms with van der Waals surface area (Å²) in [4.78, 5) is 40.0. The molecule has 8 unspecified atom stereocenters. The van der Waals surface area contributed by atoms with Gasteiger partial charge < -0.3 is 30.0 Å². The Morgan fingerprint density at radius 1 is 0.958 bits per heavy atom. The molecule has 0 aromatic heterocycles. The number of ether oxygens (including phenoxy) is 3. The lowest BCUT2D eigenvalue weighted by molar-refractivity contribution is -0.278. The van der Waals surface area contributed by atoms with E-state index in [1.165, 1.54) is 33.1 Å². The highest BCUT2D eigenvalue weighted by atomic mass is 16.7. The van der Waals surface area contributed by atoms with Gasteiger partial charge in [0.25, 0.3) is 5.91 Å². The molecule has 10 heteroatoms. The predicted molar refractivity (Wildman–Crippen MR) is 183 cm³/mol. The Morgan fingerprint density at radius 2 is 1.62 bits per heavy atom. The summed E-state index contributed by atoms with van der Waals surface area (Å²) in [5.41, 5.74) is 2.86. The standard InChI is InChI=1S/C38H53N3O7/c1-23-33(21-41-31-10-8-7-9-27(31)17-20-32(41)36(45)40-38(4,5)6)47-37(48-34(23)28-13-11-26(22-42)12-14-28)29-15-18-30(19-16-29)39-35(44)24(2)46-25(3)43/h11-16,18-19,23-24,27,31-34,37,42H,7-10,17,20-22H2,1-6H3,(H,39,44)(H,40,45). The molecule has 1 aliphatic carbocycles. The number of aliphatic hydroxyl groups excluding tert-OH is 1. The van der Waals surface area contributed by atoms with E-state index in [4.69, 9.17) is 14.2 Å². The van der Waals surface area contributed by atoms with Gasteiger partial charge in [-0.3, -0.25) is 19.3 Å². The van der Waals surface area contributed by atoms with Gasteiger partial charge in [-0.05, 0) is 82.6 Å². The molecular formula is C38H53N3O7. The Balaban J connectivity index is 1.41. The van der Waals surface area contributed by atoms with Crippen molar-refractivity contribution in [3.05, 3.63) is 65.2 Å². The lowest BCUT2D eigenvalue weighted by atomic mass is 9.75. The Kier molecular flexibility index (Phi) is 11.6. The summed E-state index contributed by atoms with van der Waals surface area (Å²) in [6, 6.07) is 15.3. The minimum Gasteiger partial charge on any atom is -0.453 e. The fourth-order valence-electron chi connectivity index (χ4n) is 7.53. The van der Waals surface area contributed by atoms with Crippen molar-refractivity contribution in [2.24, 2.45) is 11.8 Å². The van der Waals surface area contributed by atoms with Crippen molar-refractivity contribution >= 4 is 23.5 Å². The summed E-state index contributed by atoms with van der Waals surface area (Å²) in [5, 5.41) is 15.7. The number of amides is 2. The summed E-state index contributed by atoms with van der Waals surface area (Å²) >= 11 is 0. The second kappa shape index (κ2) is 15.5. The predicted octanol–water partition coefficient (Wildman–Crippen LogP) is 5.80. The fourth-order valence-corrected chi connectivity index (χ4v) is 7.53. The number of rotatable bonds is 9. The molecule has 2 heterocycles. The summed E-state index contributed by atoms with van der Waals surface area (Å²) in [6.45, 7) is 11.6. The van der Waals surface area contributed by atoms with E-state index in [0.29, 0.717) is 24.2 Å². The van der Waals surface area contributed by atoms with Crippen LogP contribution >= 0.6 is 0 Å². The van der Waals surface area contributed by atoms with Crippen LogP contribution in [-0.4, -0.2) is 64.2 Å². The van der Waals surface area contributed by atoms with Crippen LogP contribution in [0.15, 0.2) is 48.5 Å². The molecule has 3 N–H and O–H groups in total. The maximum Gasteiger partial charge on any atom is 0.303 e. The van der Waals surface area contributed by atoms with Crippen LogP contribution in [0.3, 0.4) is 0 Å². The zero-order valence-electron chi connectivity index (χ0n) is 29.2. The van der Waals surface area contributed by atoms with Crippen molar-refractivity contribution in [1.82, 2.24) is 10.2 Å². The van der Waals surface area contributed by atoms with Crippen molar-refractivity contribution < 1.29 is 33.7 Å². The maximum absolute atomic E-state index is 13.8. The first-order valence-electron chi connectivity index (χ1n) is 17.5. The molecule has 0 bridgehead atoms. The minimum atomic E-state index is -0.916. The van der Waals surface area contributed by atoms with Crippen LogP contribution in [0.5, 0.6) is 0 Å². The molecule has 5 rings (SSSR count). The number of carbonyl (C=O) groups is 3. The van der Waals surface area contributed by atoms with Crippen LogP contribution in [0.1, 0.15) is 109 Å². The second-order valence-corrected chi connectivity index (χ2v) is 14.8. The first-order chi connectivity index (χ1) is 22.8. The normalized spacial score (nSPS) is 28.5. The second-order valence-electron chi connectivity index (χ2n) is 14.8. The van der Waals surface area contributed by atoms with Crippen molar-refractivity contribution in [2.45, 2.75) is 129 Å². The molecule has 48 heavy (non-hydrogen) atoms. The number of hydrogen-bond acceptors (Lipinski definition) is 8. The van der Waals surface area contributed by atoms with Crippen LogP contribution in [-0.2, 0) is 35.2 Å². The third kappa shape index (κ3) is 8.83. The molecule has 10 nitrogen and oxygen atoms in total. The zero-order valence-corrected chi connectivity index (χ0v) is 29.2. The topological polar surface area (TPSA) is 126 Å². The average Bonchev–Trinajstić information content (AvgIpc) is 3.05. The number of anilines is 1. The van der Waals surface area contributed by atoms with Gasteiger partial charge in [0.15, 0.2) is 12.4 Å². The smallest absolute Gasteiger partial charge is 0.303 e. The average molecular weight is 664 g/mol. The first-order valence-corrected chi connectivity index (χ1v) is 17.5. The third-order valence-corrected chi connectivity index (χ3v) is 9.98. The van der Waals surface area contributed by atoms with E-state index >= 15 is 0 Å². The fraction of sp³-hybridized carbons (Fsp3) is 0.605. The third-order valence-electron chi connectivity index (χ3n) is 9.98. The molecule has 2 saturated heterocycles. The van der Waals surface area contributed by atoms with E-state index in [9.17, 15) is 19.5 Å². The van der Waals surface area contributed by atoms with Crippen LogP contribution in [0.4, 0.5) is 5.69 Å². The number of benzene rings is 2. The molecule has 8 atom stereocenters. The number of esters is 1. The van der Waals surface area contributed by atoms with Crippen LogP contribution < -0.4 is 10.6 Å². The van der Waals surface area contributed by atoms with E-state index < -0.39 is 24.3 Å². The van der Waals surface area contributed by atoms with E-state index in [0.717, 1.165) is 36.0 Å². The van der Waals surface area contributed by atoms with E-state index in [1.54, 1.807) is 12.1 Å². The zero-order chi connectivity index (χ0) is 34.6. The largest absolute Gasteiger partial charge is 0.453 e. The number of aliphatic hydroxyl groups is 1. The SMILES string of the molecule is CC(=O)OC(C)C(=O)Nc1ccc(C2OC(CN3C(C(=O)NC(C)(C)C)CCC4CCCCC43)C(C)C(c3ccc(CO)cc3)O2)cc1. The number of carbonyl (C=O) groups excluding carboxylic acids is 3. The monoisotopic (exact) mass is 663 g/mol. The maximum atomic E-state index is 13.8. The molecule has 2 amide bonds. The summed E-state index contributed by atoms with van der Waals surface area (Å²) < 4.78 is 18.5. The highest BCUT2D eigenvalue weighted by Gasteiger charge is 2.46. The molecule has 1 saturated carbocycles. The van der Waals surface area contributed by atoms with Crippen molar-refractivity contribution in [2.75, 3.05) is 11.9 Å². The van der Waals surface area contributed by atoms with Crippen molar-refractivity contribution in [3.8, 4) is 0 Å². The molecule has 3 aliphatic rings. The van der Waals surface area contributed by atoms with Gasteiger partial charge in [-0.15, -0.1) is 0 Å². The number of nitrogens with one attached hydrogen (secondary N) is 2. The van der Waals surface area contributed by atoms with Crippen molar-refractivity contribution in [1.29, 1.82) is 0 Å². The molecule has 2 aromatic rings. The highest BCUT2D eigenvalue weighted by molar-refractivity contribution is 5.94. The lowest BCUT2D eigenvalue weighted by Crippen LogP contribution is -2.61. The number of likely N-dealkylation sites (tertiary alicyclic amines) is 1. The van der Waals surface area contributed by atoms with E-state index in [2.05, 4.69) is 22.5 Å². The number of nitrogens with zero attached hydrogens (tertiary/aromatic N) is 1. The molecule has 2 aromatic carbocycles. The van der Waals surface area contributed by atoms with E-state index in [-0.39, 0.29) is 42.2 Å². The Labute approximate surface area is 284 Å². The number of fused-ring (bicyclic) bond motifs is 1. The highest BCUT2D eigenvalue weighted by Crippen LogP contribution is 2.44.